The van der Waals surface area contributed by atoms with E-state index in [0.29, 0.717) is 42.3 Å². The monoisotopic (exact) mass is 671 g/mol. The first kappa shape index (κ1) is 30.0. The highest BCUT2D eigenvalue weighted by molar-refractivity contribution is 9.10. The molecule has 3 aromatic rings. The van der Waals surface area contributed by atoms with Gasteiger partial charge in [-0.2, -0.15) is 0 Å². The highest BCUT2D eigenvalue weighted by Gasteiger charge is 2.27. The van der Waals surface area contributed by atoms with Crippen molar-refractivity contribution in [1.29, 1.82) is 0 Å². The standard InChI is InChI=1S/C31H31Br2NO6/c1-36-19-39-29-10-8-21(14-26(29)32)12-24-17-34(16-23-6-4-5-7-28(23)38-3)18-25(31(24)35)13-22-9-11-30(27(33)15-22)40-20-37-2/h4-15H,16-20H2,1-3H3/b24-12+,25-13+. The molecule has 0 saturated carbocycles. The van der Waals surface area contributed by atoms with Gasteiger partial charge in [-0.05, 0) is 85.5 Å². The summed E-state index contributed by atoms with van der Waals surface area (Å²) in [6.07, 6.45) is 3.88. The topological polar surface area (TPSA) is 66.5 Å². The smallest absolute Gasteiger partial charge is 0.188 e. The van der Waals surface area contributed by atoms with Crippen LogP contribution >= 0.6 is 31.9 Å². The van der Waals surface area contributed by atoms with E-state index >= 15 is 0 Å². The van der Waals surface area contributed by atoms with Crippen molar-refractivity contribution in [1.82, 2.24) is 4.90 Å². The number of hydrogen-bond donors (Lipinski definition) is 0. The molecule has 1 aliphatic heterocycles. The Balaban J connectivity index is 1.67. The van der Waals surface area contributed by atoms with E-state index in [2.05, 4.69) is 36.8 Å². The molecule has 0 amide bonds. The quantitative estimate of drug-likeness (QED) is 0.165. The van der Waals surface area contributed by atoms with Crippen LogP contribution in [0.1, 0.15) is 16.7 Å². The fourth-order valence-corrected chi connectivity index (χ4v) is 5.41. The molecule has 3 aromatic carbocycles. The van der Waals surface area contributed by atoms with Crippen LogP contribution < -0.4 is 14.2 Å². The Bertz CT molecular complexity index is 1320. The van der Waals surface area contributed by atoms with Gasteiger partial charge in [0.2, 0.25) is 0 Å². The molecule has 0 N–H and O–H groups in total. The molecule has 0 radical (unpaired) electrons. The maximum absolute atomic E-state index is 13.7. The van der Waals surface area contributed by atoms with Crippen molar-refractivity contribution >= 4 is 49.8 Å². The number of halogens is 2. The minimum atomic E-state index is 0.0166. The maximum Gasteiger partial charge on any atom is 0.188 e. The average molecular weight is 673 g/mol. The number of Topliss-reactive ketones (excluding diaryl/α,β-unsaturated/α-hetero) is 1. The van der Waals surface area contributed by atoms with E-state index in [0.717, 1.165) is 31.4 Å². The van der Waals surface area contributed by atoms with Crippen molar-refractivity contribution in [2.24, 2.45) is 0 Å². The number of carbonyl (C=O) groups is 1. The van der Waals surface area contributed by atoms with Crippen molar-refractivity contribution in [3.63, 3.8) is 0 Å². The Morgan fingerprint density at radius 1 is 0.750 bits per heavy atom. The number of piperidine rings is 1. The van der Waals surface area contributed by atoms with E-state index in [9.17, 15) is 4.79 Å². The van der Waals surface area contributed by atoms with Crippen LogP contribution in [-0.2, 0) is 20.8 Å². The van der Waals surface area contributed by atoms with Crippen molar-refractivity contribution < 1.29 is 28.5 Å². The highest BCUT2D eigenvalue weighted by Crippen LogP contribution is 2.31. The second kappa shape index (κ2) is 14.6. The third kappa shape index (κ3) is 7.83. The summed E-state index contributed by atoms with van der Waals surface area (Å²) in [4.78, 5) is 16.0. The van der Waals surface area contributed by atoms with Gasteiger partial charge < -0.3 is 23.7 Å². The summed E-state index contributed by atoms with van der Waals surface area (Å²) in [6.45, 7) is 1.94. The molecular formula is C31H31Br2NO6. The van der Waals surface area contributed by atoms with Crippen molar-refractivity contribution in [2.75, 3.05) is 48.0 Å². The number of rotatable bonds is 11. The molecule has 9 heteroatoms. The predicted octanol–water partition coefficient (Wildman–Crippen LogP) is 6.74. The largest absolute Gasteiger partial charge is 0.496 e. The van der Waals surface area contributed by atoms with Gasteiger partial charge in [0.1, 0.15) is 17.2 Å². The fourth-order valence-electron chi connectivity index (χ4n) is 4.39. The minimum Gasteiger partial charge on any atom is -0.496 e. The number of hydrogen-bond acceptors (Lipinski definition) is 7. The molecule has 4 rings (SSSR count). The van der Waals surface area contributed by atoms with Crippen LogP contribution in [0.25, 0.3) is 12.2 Å². The van der Waals surface area contributed by atoms with Crippen LogP contribution in [0.3, 0.4) is 0 Å². The van der Waals surface area contributed by atoms with Gasteiger partial charge in [0.05, 0.1) is 16.1 Å². The van der Waals surface area contributed by atoms with E-state index < -0.39 is 0 Å². The minimum absolute atomic E-state index is 0.0166. The van der Waals surface area contributed by atoms with Gasteiger partial charge in [0.25, 0.3) is 0 Å². The zero-order valence-electron chi connectivity index (χ0n) is 22.6. The Morgan fingerprint density at radius 2 is 1.27 bits per heavy atom. The number of likely N-dealkylation sites (tertiary alicyclic amines) is 1. The first-order chi connectivity index (χ1) is 19.4. The first-order valence-electron chi connectivity index (χ1n) is 12.5. The molecule has 0 aliphatic carbocycles. The van der Waals surface area contributed by atoms with Crippen molar-refractivity contribution in [3.8, 4) is 17.2 Å². The van der Waals surface area contributed by atoms with Gasteiger partial charge in [0.15, 0.2) is 19.4 Å². The third-order valence-corrected chi connectivity index (χ3v) is 7.46. The van der Waals surface area contributed by atoms with Gasteiger partial charge in [-0.15, -0.1) is 0 Å². The van der Waals surface area contributed by atoms with Crippen LogP contribution in [0.15, 0.2) is 80.8 Å². The normalized spacial score (nSPS) is 16.0. The van der Waals surface area contributed by atoms with Crippen molar-refractivity contribution in [2.45, 2.75) is 6.54 Å². The van der Waals surface area contributed by atoms with E-state index in [-0.39, 0.29) is 19.4 Å². The maximum atomic E-state index is 13.7. The molecule has 0 bridgehead atoms. The number of nitrogens with zero attached hydrogens (tertiary/aromatic N) is 1. The van der Waals surface area contributed by atoms with Crippen LogP contribution in [-0.4, -0.2) is 58.7 Å². The van der Waals surface area contributed by atoms with Gasteiger partial charge in [-0.25, -0.2) is 0 Å². The summed E-state index contributed by atoms with van der Waals surface area (Å²) in [5, 5.41) is 0. The number of benzene rings is 3. The fraction of sp³-hybridized carbons (Fsp3) is 0.258. The molecule has 0 spiro atoms. The molecule has 0 atom stereocenters. The molecule has 0 aromatic heterocycles. The molecule has 7 nitrogen and oxygen atoms in total. The molecule has 1 heterocycles. The summed E-state index contributed by atoms with van der Waals surface area (Å²) in [7, 11) is 4.82. The molecular weight excluding hydrogens is 642 g/mol. The lowest BCUT2D eigenvalue weighted by atomic mass is 9.93. The lowest BCUT2D eigenvalue weighted by molar-refractivity contribution is -0.113. The summed E-state index contributed by atoms with van der Waals surface area (Å²) >= 11 is 7.12. The average Bonchev–Trinajstić information content (AvgIpc) is 2.95. The van der Waals surface area contributed by atoms with Crippen LogP contribution in [0.5, 0.6) is 17.2 Å². The second-order valence-corrected chi connectivity index (χ2v) is 10.8. The lowest BCUT2D eigenvalue weighted by Gasteiger charge is -2.30. The van der Waals surface area contributed by atoms with E-state index in [1.54, 1.807) is 21.3 Å². The molecule has 40 heavy (non-hydrogen) atoms. The van der Waals surface area contributed by atoms with Crippen LogP contribution in [0.2, 0.25) is 0 Å². The first-order valence-corrected chi connectivity index (χ1v) is 14.1. The van der Waals surface area contributed by atoms with E-state index in [1.165, 1.54) is 0 Å². The Hall–Kier alpha value is -2.95. The summed E-state index contributed by atoms with van der Waals surface area (Å²) in [5.41, 5.74) is 4.23. The van der Waals surface area contributed by atoms with Crippen LogP contribution in [0, 0.1) is 0 Å². The van der Waals surface area contributed by atoms with Crippen LogP contribution in [0.4, 0.5) is 0 Å². The lowest BCUT2D eigenvalue weighted by Crippen LogP contribution is -2.37. The Morgan fingerprint density at radius 3 is 1.75 bits per heavy atom. The number of methoxy groups -OCH3 is 3. The Kier molecular flexibility index (Phi) is 11.0. The molecule has 1 fully saturated rings. The summed E-state index contributed by atoms with van der Waals surface area (Å²) in [5.74, 6) is 2.17. The highest BCUT2D eigenvalue weighted by atomic mass is 79.9. The molecule has 210 valence electrons. The van der Waals surface area contributed by atoms with Gasteiger partial charge in [0, 0.05) is 50.6 Å². The zero-order chi connectivity index (χ0) is 28.5. The molecule has 1 saturated heterocycles. The van der Waals surface area contributed by atoms with E-state index in [4.69, 9.17) is 23.7 Å². The van der Waals surface area contributed by atoms with Crippen molar-refractivity contribution in [3.05, 3.63) is 97.4 Å². The molecule has 1 aliphatic rings. The third-order valence-electron chi connectivity index (χ3n) is 6.22. The summed E-state index contributed by atoms with van der Waals surface area (Å²) < 4.78 is 28.3. The molecule has 0 unspecified atom stereocenters. The number of carbonyl (C=O) groups excluding carboxylic acids is 1. The Labute approximate surface area is 251 Å². The predicted molar refractivity (Wildman–Crippen MR) is 163 cm³/mol. The number of ketones is 1. The second-order valence-electron chi connectivity index (χ2n) is 9.11. The van der Waals surface area contributed by atoms with E-state index in [1.807, 2.05) is 72.8 Å². The SMILES string of the molecule is COCOc1ccc(/C=C2\CN(Cc3ccccc3OC)C/C(=C\c3ccc(OCOC)c(Br)c3)C2=O)cc1Br. The van der Waals surface area contributed by atoms with Gasteiger partial charge in [-0.1, -0.05) is 30.3 Å². The number of para-hydroxylation sites is 1. The van der Waals surface area contributed by atoms with Gasteiger partial charge in [-0.3, -0.25) is 9.69 Å². The van der Waals surface area contributed by atoms with Gasteiger partial charge >= 0.3 is 0 Å². The zero-order valence-corrected chi connectivity index (χ0v) is 25.8. The summed E-state index contributed by atoms with van der Waals surface area (Å²) in [6, 6.07) is 19.4. The number of ether oxygens (including phenoxy) is 5.